The van der Waals surface area contributed by atoms with Gasteiger partial charge in [0, 0.05) is 38.5 Å². The van der Waals surface area contributed by atoms with Crippen molar-refractivity contribution in [3.8, 4) is 5.75 Å². The molecular weight excluding hydrogens is 495 g/mol. The van der Waals surface area contributed by atoms with Gasteiger partial charge in [0.1, 0.15) is 17.7 Å². The lowest BCUT2D eigenvalue weighted by atomic mass is 10.1. The van der Waals surface area contributed by atoms with Crippen LogP contribution in [0.3, 0.4) is 0 Å². The number of hydrogen-bond acceptors (Lipinski definition) is 5. The maximum atomic E-state index is 6.19. The smallest absolute Gasteiger partial charge is 0.191 e. The summed E-state index contributed by atoms with van der Waals surface area (Å²) in [6.45, 7) is 5.74. The van der Waals surface area contributed by atoms with Crippen LogP contribution in [0.5, 0.6) is 5.75 Å². The molecule has 1 saturated heterocycles. The van der Waals surface area contributed by atoms with E-state index in [0.29, 0.717) is 19.7 Å². The lowest BCUT2D eigenvalue weighted by molar-refractivity contribution is 0.140. The molecule has 0 radical (unpaired) electrons. The minimum absolute atomic E-state index is 0. The molecule has 1 fully saturated rings. The average Bonchev–Trinajstić information content (AvgIpc) is 3.39. The summed E-state index contributed by atoms with van der Waals surface area (Å²) in [7, 11) is 1.77. The number of rotatable bonds is 6. The van der Waals surface area contributed by atoms with E-state index in [2.05, 4.69) is 55.5 Å². The van der Waals surface area contributed by atoms with E-state index in [-0.39, 0.29) is 30.1 Å². The Kier molecular flexibility index (Phi) is 8.32. The number of aryl methyl sites for hydroxylation is 2. The summed E-state index contributed by atoms with van der Waals surface area (Å²) in [5.74, 6) is 3.69. The average molecular weight is 526 g/mol. The van der Waals surface area contributed by atoms with Crippen LogP contribution in [0.2, 0.25) is 0 Å². The van der Waals surface area contributed by atoms with Gasteiger partial charge in [0.15, 0.2) is 11.8 Å². The van der Waals surface area contributed by atoms with Crippen LogP contribution < -0.4 is 15.4 Å². The van der Waals surface area contributed by atoms with Gasteiger partial charge in [-0.15, -0.1) is 34.2 Å². The highest BCUT2D eigenvalue weighted by Gasteiger charge is 2.19. The molecule has 0 saturated carbocycles. The van der Waals surface area contributed by atoms with Crippen LogP contribution in [-0.2, 0) is 30.8 Å². The minimum Gasteiger partial charge on any atom is -0.488 e. The van der Waals surface area contributed by atoms with Crippen molar-refractivity contribution in [1.29, 1.82) is 0 Å². The summed E-state index contributed by atoms with van der Waals surface area (Å²) < 4.78 is 13.8. The number of hydrogen-bond donors (Lipinski definition) is 2. The molecule has 30 heavy (non-hydrogen) atoms. The Balaban J connectivity index is 0.00000256. The van der Waals surface area contributed by atoms with Gasteiger partial charge >= 0.3 is 0 Å². The number of fused-ring (bicyclic) bond motifs is 1. The van der Waals surface area contributed by atoms with Crippen molar-refractivity contribution < 1.29 is 9.47 Å². The number of aliphatic imine (C=N–C) groups is 1. The van der Waals surface area contributed by atoms with Crippen LogP contribution in [0.25, 0.3) is 0 Å². The quantitative estimate of drug-likeness (QED) is 0.342. The Morgan fingerprint density at radius 1 is 1.27 bits per heavy atom. The molecule has 8 nitrogen and oxygen atoms in total. The first kappa shape index (κ1) is 22.8. The number of halogens is 1. The van der Waals surface area contributed by atoms with Gasteiger partial charge in [0.2, 0.25) is 0 Å². The van der Waals surface area contributed by atoms with E-state index >= 15 is 0 Å². The van der Waals surface area contributed by atoms with Crippen LogP contribution in [0.15, 0.2) is 23.2 Å². The third-order valence-corrected chi connectivity index (χ3v) is 5.42. The highest BCUT2D eigenvalue weighted by molar-refractivity contribution is 14.0. The van der Waals surface area contributed by atoms with Gasteiger partial charge in [-0.2, -0.15) is 0 Å². The van der Waals surface area contributed by atoms with Crippen LogP contribution in [0.1, 0.15) is 42.0 Å². The molecule has 0 bridgehead atoms. The zero-order chi connectivity index (χ0) is 20.1. The summed E-state index contributed by atoms with van der Waals surface area (Å²) in [5.41, 5.74) is 2.28. The maximum absolute atomic E-state index is 6.19. The second kappa shape index (κ2) is 10.9. The number of aromatic nitrogens is 3. The Bertz CT molecular complexity index is 863. The molecular formula is C21H31IN6O2. The number of benzene rings is 1. The molecule has 3 heterocycles. The maximum Gasteiger partial charge on any atom is 0.191 e. The summed E-state index contributed by atoms with van der Waals surface area (Å²) >= 11 is 0. The molecule has 1 aromatic heterocycles. The van der Waals surface area contributed by atoms with Crippen LogP contribution in [0.4, 0.5) is 0 Å². The number of ether oxygens (including phenoxy) is 2. The molecule has 0 spiro atoms. The monoisotopic (exact) mass is 526 g/mol. The van der Waals surface area contributed by atoms with E-state index < -0.39 is 0 Å². The van der Waals surface area contributed by atoms with Crippen LogP contribution in [-0.4, -0.2) is 47.1 Å². The molecule has 164 valence electrons. The predicted molar refractivity (Wildman–Crippen MR) is 126 cm³/mol. The number of nitrogens with zero attached hydrogens (tertiary/aromatic N) is 4. The molecule has 2 N–H and O–H groups in total. The van der Waals surface area contributed by atoms with Crippen LogP contribution in [0, 0.1) is 6.92 Å². The fraction of sp³-hybridized carbons (Fsp3) is 0.571. The van der Waals surface area contributed by atoms with Gasteiger partial charge < -0.3 is 24.7 Å². The van der Waals surface area contributed by atoms with Crippen molar-refractivity contribution in [3.63, 3.8) is 0 Å². The fourth-order valence-electron chi connectivity index (χ4n) is 3.76. The Morgan fingerprint density at radius 2 is 2.13 bits per heavy atom. The molecule has 4 rings (SSSR count). The molecule has 2 aliphatic rings. The summed E-state index contributed by atoms with van der Waals surface area (Å²) in [6, 6.07) is 6.30. The Labute approximate surface area is 194 Å². The zero-order valence-corrected chi connectivity index (χ0v) is 20.0. The van der Waals surface area contributed by atoms with Crippen LogP contribution >= 0.6 is 24.0 Å². The highest BCUT2D eigenvalue weighted by Crippen LogP contribution is 2.23. The molecule has 0 aliphatic carbocycles. The lowest BCUT2D eigenvalue weighted by Crippen LogP contribution is -2.37. The fourth-order valence-corrected chi connectivity index (χ4v) is 3.76. The zero-order valence-electron chi connectivity index (χ0n) is 17.7. The van der Waals surface area contributed by atoms with Crippen molar-refractivity contribution in [2.45, 2.75) is 58.3 Å². The minimum atomic E-state index is 0. The molecule has 1 unspecified atom stereocenters. The second-order valence-corrected chi connectivity index (χ2v) is 7.64. The van der Waals surface area contributed by atoms with Gasteiger partial charge in [-0.3, -0.25) is 4.99 Å². The van der Waals surface area contributed by atoms with Crippen molar-refractivity contribution in [2.75, 3.05) is 20.3 Å². The lowest BCUT2D eigenvalue weighted by Gasteiger charge is -2.18. The highest BCUT2D eigenvalue weighted by atomic mass is 127. The van der Waals surface area contributed by atoms with Gasteiger partial charge in [-0.05, 0) is 31.4 Å². The largest absolute Gasteiger partial charge is 0.488 e. The Hall–Kier alpha value is -1.88. The first-order valence-electron chi connectivity index (χ1n) is 10.4. The molecule has 2 aromatic rings. The number of guanidine groups is 1. The number of nitrogens with one attached hydrogen (secondary N) is 2. The third kappa shape index (κ3) is 5.63. The van der Waals surface area contributed by atoms with Crippen molar-refractivity contribution in [1.82, 2.24) is 25.4 Å². The normalized spacial score (nSPS) is 18.5. The molecule has 2 aliphatic heterocycles. The predicted octanol–water partition coefficient (Wildman–Crippen LogP) is 2.57. The van der Waals surface area contributed by atoms with E-state index in [4.69, 9.17) is 9.47 Å². The van der Waals surface area contributed by atoms with Gasteiger partial charge in [0.05, 0.1) is 19.8 Å². The SMILES string of the molecule is CN=C(NCc1ccc(C)cc1OC1CCOC1)NCc1nnc2n1CCCC2.I. The van der Waals surface area contributed by atoms with Crippen molar-refractivity contribution in [2.24, 2.45) is 4.99 Å². The van der Waals surface area contributed by atoms with Crippen molar-refractivity contribution in [3.05, 3.63) is 41.0 Å². The molecule has 1 aromatic carbocycles. The third-order valence-electron chi connectivity index (χ3n) is 5.42. The van der Waals surface area contributed by atoms with Gasteiger partial charge in [-0.1, -0.05) is 12.1 Å². The first-order chi connectivity index (χ1) is 14.2. The molecule has 1 atom stereocenters. The Morgan fingerprint density at radius 3 is 2.93 bits per heavy atom. The van der Waals surface area contributed by atoms with E-state index in [1.807, 2.05) is 0 Å². The summed E-state index contributed by atoms with van der Waals surface area (Å²) in [5, 5.41) is 15.4. The first-order valence-corrected chi connectivity index (χ1v) is 10.4. The standard InChI is InChI=1S/C21H30N6O2.HI/c1-15-6-7-16(18(11-15)29-17-8-10-28-14-17)12-23-21(22-2)24-13-20-26-25-19-5-3-4-9-27(19)20;/h6-7,11,17H,3-5,8-10,12-14H2,1-2H3,(H2,22,23,24);1H. The molecule has 0 amide bonds. The van der Waals surface area contributed by atoms with Gasteiger partial charge in [0.25, 0.3) is 0 Å². The second-order valence-electron chi connectivity index (χ2n) is 7.64. The van der Waals surface area contributed by atoms with Gasteiger partial charge in [-0.25, -0.2) is 0 Å². The molecule has 9 heteroatoms. The van der Waals surface area contributed by atoms with E-state index in [9.17, 15) is 0 Å². The topological polar surface area (TPSA) is 85.6 Å². The summed E-state index contributed by atoms with van der Waals surface area (Å²) in [4.78, 5) is 4.34. The van der Waals surface area contributed by atoms with E-state index in [1.165, 1.54) is 18.4 Å². The van der Waals surface area contributed by atoms with E-state index in [0.717, 1.165) is 54.9 Å². The van der Waals surface area contributed by atoms with E-state index in [1.54, 1.807) is 7.05 Å². The van der Waals surface area contributed by atoms with Crippen molar-refractivity contribution >= 4 is 29.9 Å². The summed E-state index contributed by atoms with van der Waals surface area (Å²) in [6.07, 6.45) is 4.47.